The largest absolute Gasteiger partial charge is 0.394 e. The summed E-state index contributed by atoms with van der Waals surface area (Å²) in [6.45, 7) is 3.81. The zero-order chi connectivity index (χ0) is 11.5. The Hall–Kier alpha value is -1.03. The second-order valence-electron chi connectivity index (χ2n) is 4.61. The van der Waals surface area contributed by atoms with Crippen molar-refractivity contribution in [3.05, 3.63) is 11.3 Å². The minimum atomic E-state index is 0.0368. The molecule has 2 aliphatic heterocycles. The molecular weight excluding hydrogens is 204 g/mol. The van der Waals surface area contributed by atoms with Gasteiger partial charge in [-0.05, 0) is 32.6 Å². The van der Waals surface area contributed by atoms with Crippen LogP contribution in [0.1, 0.15) is 32.6 Å². The Balaban J connectivity index is 2.12. The number of hydrogen-bond acceptors (Lipinski definition) is 3. The number of allylic oxidation sites excluding steroid dienone is 1. The summed E-state index contributed by atoms with van der Waals surface area (Å²) in [6.07, 6.45) is 3.83. The van der Waals surface area contributed by atoms with Gasteiger partial charge in [0.25, 0.3) is 5.91 Å². The molecule has 90 valence electrons. The maximum Gasteiger partial charge on any atom is 0.251 e. The molecule has 0 aromatic carbocycles. The second kappa shape index (κ2) is 4.87. The molecule has 1 saturated heterocycles. The molecule has 1 amide bonds. The van der Waals surface area contributed by atoms with Gasteiger partial charge in [-0.2, -0.15) is 0 Å². The first-order valence-corrected chi connectivity index (χ1v) is 6.09. The van der Waals surface area contributed by atoms with Crippen LogP contribution in [0.3, 0.4) is 0 Å². The van der Waals surface area contributed by atoms with E-state index in [0.717, 1.165) is 50.0 Å². The van der Waals surface area contributed by atoms with Crippen molar-refractivity contribution >= 4 is 5.91 Å². The van der Waals surface area contributed by atoms with Gasteiger partial charge in [-0.1, -0.05) is 0 Å². The lowest BCUT2D eigenvalue weighted by Gasteiger charge is -2.27. The SMILES string of the molecule is CC1=C(C(=O)N2CCC[C@H]2CO)CCCN1. The molecule has 0 aromatic heterocycles. The van der Waals surface area contributed by atoms with Gasteiger partial charge in [0, 0.05) is 24.4 Å². The lowest BCUT2D eigenvalue weighted by molar-refractivity contribution is -0.128. The van der Waals surface area contributed by atoms with Crippen molar-refractivity contribution in [2.75, 3.05) is 19.7 Å². The summed E-state index contributed by atoms with van der Waals surface area (Å²) in [4.78, 5) is 14.1. The van der Waals surface area contributed by atoms with Crippen molar-refractivity contribution in [2.24, 2.45) is 0 Å². The van der Waals surface area contributed by atoms with Gasteiger partial charge in [0.05, 0.1) is 12.6 Å². The molecule has 2 rings (SSSR count). The zero-order valence-electron chi connectivity index (χ0n) is 9.83. The van der Waals surface area contributed by atoms with Gasteiger partial charge in [0.2, 0.25) is 0 Å². The Morgan fingerprint density at radius 3 is 3.06 bits per heavy atom. The van der Waals surface area contributed by atoms with Crippen molar-refractivity contribution < 1.29 is 9.90 Å². The van der Waals surface area contributed by atoms with Crippen LogP contribution in [0.25, 0.3) is 0 Å². The van der Waals surface area contributed by atoms with Crippen LogP contribution >= 0.6 is 0 Å². The fourth-order valence-electron chi connectivity index (χ4n) is 2.57. The summed E-state index contributed by atoms with van der Waals surface area (Å²) < 4.78 is 0. The molecule has 0 spiro atoms. The molecule has 0 aliphatic carbocycles. The van der Waals surface area contributed by atoms with Gasteiger partial charge in [-0.3, -0.25) is 4.79 Å². The molecule has 2 N–H and O–H groups in total. The highest BCUT2D eigenvalue weighted by Gasteiger charge is 2.31. The van der Waals surface area contributed by atoms with E-state index in [2.05, 4.69) is 5.32 Å². The van der Waals surface area contributed by atoms with Crippen LogP contribution in [-0.2, 0) is 4.79 Å². The van der Waals surface area contributed by atoms with Crippen LogP contribution in [0.2, 0.25) is 0 Å². The van der Waals surface area contributed by atoms with Crippen molar-refractivity contribution in [3.8, 4) is 0 Å². The Morgan fingerprint density at radius 2 is 2.38 bits per heavy atom. The molecule has 2 aliphatic rings. The molecule has 0 radical (unpaired) electrons. The van der Waals surface area contributed by atoms with Crippen molar-refractivity contribution in [1.29, 1.82) is 0 Å². The van der Waals surface area contributed by atoms with Gasteiger partial charge in [-0.25, -0.2) is 0 Å². The average molecular weight is 224 g/mol. The number of aliphatic hydroxyl groups excluding tert-OH is 1. The summed E-state index contributed by atoms with van der Waals surface area (Å²) in [5.74, 6) is 0.126. The number of nitrogens with zero attached hydrogens (tertiary/aromatic N) is 1. The summed E-state index contributed by atoms with van der Waals surface area (Å²) in [5.41, 5.74) is 1.92. The maximum absolute atomic E-state index is 12.3. The fraction of sp³-hybridized carbons (Fsp3) is 0.750. The standard InChI is InChI=1S/C12H20N2O2/c1-9-11(5-2-6-13-9)12(16)14-7-3-4-10(14)8-15/h10,13,15H,2-8H2,1H3/t10-/m0/s1. The summed E-state index contributed by atoms with van der Waals surface area (Å²) in [7, 11) is 0. The van der Waals surface area contributed by atoms with E-state index in [9.17, 15) is 9.90 Å². The van der Waals surface area contributed by atoms with E-state index in [4.69, 9.17) is 0 Å². The van der Waals surface area contributed by atoms with E-state index < -0.39 is 0 Å². The maximum atomic E-state index is 12.3. The molecule has 2 heterocycles. The van der Waals surface area contributed by atoms with E-state index in [1.165, 1.54) is 0 Å². The van der Waals surface area contributed by atoms with Crippen LogP contribution in [0, 0.1) is 0 Å². The monoisotopic (exact) mass is 224 g/mol. The first-order valence-electron chi connectivity index (χ1n) is 6.09. The lowest BCUT2D eigenvalue weighted by Crippen LogP contribution is -2.40. The predicted octanol–water partition coefficient (Wildman–Crippen LogP) is 0.627. The Morgan fingerprint density at radius 1 is 1.56 bits per heavy atom. The summed E-state index contributed by atoms with van der Waals surface area (Å²) in [5, 5.41) is 12.5. The third-order valence-electron chi connectivity index (χ3n) is 3.55. The van der Waals surface area contributed by atoms with Gasteiger partial charge in [0.1, 0.15) is 0 Å². The first kappa shape index (κ1) is 11.5. The first-order chi connectivity index (χ1) is 7.74. The predicted molar refractivity (Wildman–Crippen MR) is 61.8 cm³/mol. The topological polar surface area (TPSA) is 52.6 Å². The number of aliphatic hydroxyl groups is 1. The molecule has 0 bridgehead atoms. The van der Waals surface area contributed by atoms with Gasteiger partial charge < -0.3 is 15.3 Å². The highest BCUT2D eigenvalue weighted by molar-refractivity contribution is 5.94. The Bertz CT molecular complexity index is 312. The van der Waals surface area contributed by atoms with Crippen molar-refractivity contribution in [2.45, 2.75) is 38.6 Å². The molecular formula is C12H20N2O2. The smallest absolute Gasteiger partial charge is 0.251 e. The molecule has 0 unspecified atom stereocenters. The Kier molecular flexibility index (Phi) is 3.49. The number of nitrogens with one attached hydrogen (secondary N) is 1. The van der Waals surface area contributed by atoms with E-state index >= 15 is 0 Å². The lowest BCUT2D eigenvalue weighted by atomic mass is 10.0. The van der Waals surface area contributed by atoms with Crippen LogP contribution in [0.5, 0.6) is 0 Å². The number of rotatable bonds is 2. The average Bonchev–Trinajstić information content (AvgIpc) is 2.77. The van der Waals surface area contributed by atoms with Gasteiger partial charge >= 0.3 is 0 Å². The number of likely N-dealkylation sites (tertiary alicyclic amines) is 1. The molecule has 0 aromatic rings. The van der Waals surface area contributed by atoms with Gasteiger partial charge in [-0.15, -0.1) is 0 Å². The number of carbonyl (C=O) groups excluding carboxylic acids is 1. The molecule has 4 nitrogen and oxygen atoms in total. The summed E-state index contributed by atoms with van der Waals surface area (Å²) >= 11 is 0. The third-order valence-corrected chi connectivity index (χ3v) is 3.55. The minimum Gasteiger partial charge on any atom is -0.394 e. The molecule has 1 atom stereocenters. The highest BCUT2D eigenvalue weighted by atomic mass is 16.3. The second-order valence-corrected chi connectivity index (χ2v) is 4.61. The zero-order valence-corrected chi connectivity index (χ0v) is 9.83. The van der Waals surface area contributed by atoms with E-state index in [-0.39, 0.29) is 18.6 Å². The van der Waals surface area contributed by atoms with Crippen LogP contribution in [0.4, 0.5) is 0 Å². The third kappa shape index (κ3) is 2.07. The fourth-order valence-corrected chi connectivity index (χ4v) is 2.57. The highest BCUT2D eigenvalue weighted by Crippen LogP contribution is 2.23. The van der Waals surface area contributed by atoms with E-state index in [0.29, 0.717) is 0 Å². The van der Waals surface area contributed by atoms with Crippen molar-refractivity contribution in [3.63, 3.8) is 0 Å². The van der Waals surface area contributed by atoms with E-state index in [1.54, 1.807) is 0 Å². The molecule has 1 fully saturated rings. The Labute approximate surface area is 96.3 Å². The van der Waals surface area contributed by atoms with Gasteiger partial charge in [0.15, 0.2) is 0 Å². The van der Waals surface area contributed by atoms with Crippen molar-refractivity contribution in [1.82, 2.24) is 10.2 Å². The normalized spacial score (nSPS) is 25.9. The number of amides is 1. The summed E-state index contributed by atoms with van der Waals surface area (Å²) in [6, 6.07) is 0.0368. The number of hydrogen-bond donors (Lipinski definition) is 2. The van der Waals surface area contributed by atoms with E-state index in [1.807, 2.05) is 11.8 Å². The van der Waals surface area contributed by atoms with Crippen LogP contribution in [-0.4, -0.2) is 41.7 Å². The molecule has 4 heteroatoms. The molecule has 16 heavy (non-hydrogen) atoms. The minimum absolute atomic E-state index is 0.0368. The molecule has 0 saturated carbocycles. The van der Waals surface area contributed by atoms with Crippen LogP contribution in [0.15, 0.2) is 11.3 Å². The van der Waals surface area contributed by atoms with Crippen LogP contribution < -0.4 is 5.32 Å². The number of carbonyl (C=O) groups is 1. The quantitative estimate of drug-likeness (QED) is 0.723.